The molecular formula is C17H16N2S. The van der Waals surface area contributed by atoms with E-state index in [1.54, 1.807) is 0 Å². The molecule has 0 spiro atoms. The Morgan fingerprint density at radius 1 is 1.15 bits per heavy atom. The monoisotopic (exact) mass is 280 g/mol. The first-order valence-electron chi connectivity index (χ1n) is 6.69. The van der Waals surface area contributed by atoms with Gasteiger partial charge < -0.3 is 11.1 Å². The predicted molar refractivity (Wildman–Crippen MR) is 90.0 cm³/mol. The van der Waals surface area contributed by atoms with Crippen LogP contribution in [0.1, 0.15) is 23.1 Å². The van der Waals surface area contributed by atoms with Crippen molar-refractivity contribution in [1.82, 2.24) is 0 Å². The average molecular weight is 280 g/mol. The van der Waals surface area contributed by atoms with Gasteiger partial charge in [-0.15, -0.1) is 0 Å². The van der Waals surface area contributed by atoms with Crippen LogP contribution in [-0.4, -0.2) is 4.99 Å². The van der Waals surface area contributed by atoms with E-state index < -0.39 is 0 Å². The van der Waals surface area contributed by atoms with E-state index in [-0.39, 0.29) is 0 Å². The summed E-state index contributed by atoms with van der Waals surface area (Å²) in [5, 5.41) is 3.27. The molecular weight excluding hydrogens is 264 g/mol. The Balaban J connectivity index is 1.84. The first-order valence-corrected chi connectivity index (χ1v) is 7.10. The van der Waals surface area contributed by atoms with Gasteiger partial charge in [0, 0.05) is 16.9 Å². The van der Waals surface area contributed by atoms with Crippen LogP contribution in [-0.2, 0) is 6.42 Å². The fourth-order valence-electron chi connectivity index (χ4n) is 2.41. The molecule has 20 heavy (non-hydrogen) atoms. The van der Waals surface area contributed by atoms with E-state index in [0.29, 0.717) is 10.7 Å². The van der Waals surface area contributed by atoms with Crippen LogP contribution in [0.2, 0.25) is 0 Å². The molecule has 1 aliphatic rings. The summed E-state index contributed by atoms with van der Waals surface area (Å²) in [6, 6.07) is 14.0. The lowest BCUT2D eigenvalue weighted by Gasteiger charge is -2.14. The summed E-state index contributed by atoms with van der Waals surface area (Å²) in [7, 11) is 0. The molecule has 0 unspecified atom stereocenters. The standard InChI is InChI=1S/C17H16N2S/c18-16-8-4-3-7-15(16)17(20)19-14-10-9-12-5-1-2-6-13(12)11-14/h2-4,6-11H,1,5,18H2,(H,19,20). The predicted octanol–water partition coefficient (Wildman–Crippen LogP) is 4.02. The van der Waals surface area contributed by atoms with E-state index in [0.717, 1.165) is 24.1 Å². The van der Waals surface area contributed by atoms with Gasteiger partial charge in [0.25, 0.3) is 0 Å². The zero-order valence-corrected chi connectivity index (χ0v) is 11.9. The fraction of sp³-hybridized carbons (Fsp3) is 0.118. The van der Waals surface area contributed by atoms with Crippen molar-refractivity contribution in [3.63, 3.8) is 0 Å². The topological polar surface area (TPSA) is 38.0 Å². The summed E-state index contributed by atoms with van der Waals surface area (Å²) in [6.07, 6.45) is 6.62. The molecule has 0 saturated heterocycles. The zero-order valence-electron chi connectivity index (χ0n) is 11.1. The normalized spacial score (nSPS) is 12.8. The molecule has 2 nitrogen and oxygen atoms in total. The number of nitrogens with two attached hydrogens (primary N) is 1. The van der Waals surface area contributed by atoms with Gasteiger partial charge in [-0.3, -0.25) is 0 Å². The third-order valence-electron chi connectivity index (χ3n) is 3.49. The lowest BCUT2D eigenvalue weighted by molar-refractivity contribution is 0.986. The van der Waals surface area contributed by atoms with Crippen LogP contribution >= 0.6 is 12.2 Å². The lowest BCUT2D eigenvalue weighted by Crippen LogP contribution is -2.13. The lowest BCUT2D eigenvalue weighted by atomic mass is 9.97. The van der Waals surface area contributed by atoms with Crippen LogP contribution < -0.4 is 11.1 Å². The maximum Gasteiger partial charge on any atom is 0.113 e. The van der Waals surface area contributed by atoms with Gasteiger partial charge in [0.2, 0.25) is 0 Å². The molecule has 0 bridgehead atoms. The molecule has 0 aromatic heterocycles. The van der Waals surface area contributed by atoms with Gasteiger partial charge in [0.15, 0.2) is 0 Å². The minimum Gasteiger partial charge on any atom is -0.398 e. The Bertz CT molecular complexity index is 689. The Morgan fingerprint density at radius 3 is 2.85 bits per heavy atom. The molecule has 3 N–H and O–H groups in total. The zero-order chi connectivity index (χ0) is 13.9. The molecule has 0 heterocycles. The van der Waals surface area contributed by atoms with E-state index >= 15 is 0 Å². The highest BCUT2D eigenvalue weighted by Crippen LogP contribution is 2.23. The number of para-hydroxylation sites is 1. The van der Waals surface area contributed by atoms with E-state index in [1.165, 1.54) is 11.1 Å². The molecule has 0 saturated carbocycles. The van der Waals surface area contributed by atoms with Crippen molar-refractivity contribution in [2.45, 2.75) is 12.8 Å². The number of nitrogens with one attached hydrogen (secondary N) is 1. The SMILES string of the molecule is Nc1ccccc1C(=S)Nc1ccc2c(c1)C=CCC2. The number of aryl methyl sites for hydroxylation is 1. The van der Waals surface area contributed by atoms with Crippen molar-refractivity contribution in [3.05, 3.63) is 65.2 Å². The number of fused-ring (bicyclic) bond motifs is 1. The molecule has 0 atom stereocenters. The molecule has 3 rings (SSSR count). The van der Waals surface area contributed by atoms with Crippen LogP contribution in [0.3, 0.4) is 0 Å². The van der Waals surface area contributed by atoms with Crippen molar-refractivity contribution in [2.75, 3.05) is 11.1 Å². The van der Waals surface area contributed by atoms with E-state index in [2.05, 4.69) is 35.7 Å². The summed E-state index contributed by atoms with van der Waals surface area (Å²) in [5.41, 5.74) is 11.2. The second-order valence-electron chi connectivity index (χ2n) is 4.90. The van der Waals surface area contributed by atoms with Crippen LogP contribution in [0.25, 0.3) is 6.08 Å². The van der Waals surface area contributed by atoms with E-state index in [9.17, 15) is 0 Å². The number of benzene rings is 2. The first-order chi connectivity index (χ1) is 9.74. The smallest absolute Gasteiger partial charge is 0.113 e. The number of hydrogen-bond acceptors (Lipinski definition) is 2. The number of allylic oxidation sites excluding steroid dienone is 1. The van der Waals surface area contributed by atoms with Gasteiger partial charge >= 0.3 is 0 Å². The van der Waals surface area contributed by atoms with Crippen LogP contribution in [0.15, 0.2) is 48.5 Å². The number of rotatable bonds is 2. The molecule has 0 fully saturated rings. The third-order valence-corrected chi connectivity index (χ3v) is 3.81. The summed E-state index contributed by atoms with van der Waals surface area (Å²) in [4.78, 5) is 0.655. The van der Waals surface area contributed by atoms with Crippen molar-refractivity contribution in [1.29, 1.82) is 0 Å². The van der Waals surface area contributed by atoms with Crippen molar-refractivity contribution in [3.8, 4) is 0 Å². The highest BCUT2D eigenvalue weighted by atomic mass is 32.1. The Morgan fingerprint density at radius 2 is 2.00 bits per heavy atom. The van der Waals surface area contributed by atoms with Crippen LogP contribution in [0, 0.1) is 0 Å². The molecule has 3 heteroatoms. The Labute approximate surface area is 124 Å². The second-order valence-corrected chi connectivity index (χ2v) is 5.30. The molecule has 1 aliphatic carbocycles. The number of thiocarbonyl (C=S) groups is 1. The van der Waals surface area contributed by atoms with Crippen LogP contribution in [0.5, 0.6) is 0 Å². The molecule has 2 aromatic rings. The average Bonchev–Trinajstić information content (AvgIpc) is 2.47. The number of hydrogen-bond donors (Lipinski definition) is 2. The number of anilines is 2. The van der Waals surface area contributed by atoms with Crippen molar-refractivity contribution >= 4 is 34.7 Å². The molecule has 0 aliphatic heterocycles. The third kappa shape index (κ3) is 2.58. The summed E-state index contributed by atoms with van der Waals surface area (Å²) < 4.78 is 0. The van der Waals surface area contributed by atoms with Gasteiger partial charge in [0.05, 0.1) is 0 Å². The van der Waals surface area contributed by atoms with Gasteiger partial charge in [-0.1, -0.05) is 42.6 Å². The largest absolute Gasteiger partial charge is 0.398 e. The minimum absolute atomic E-state index is 0.655. The van der Waals surface area contributed by atoms with Gasteiger partial charge in [0.1, 0.15) is 4.99 Å². The van der Waals surface area contributed by atoms with Crippen LogP contribution in [0.4, 0.5) is 11.4 Å². The summed E-state index contributed by atoms with van der Waals surface area (Å²) in [6.45, 7) is 0. The highest BCUT2D eigenvalue weighted by Gasteiger charge is 2.08. The Hall–Kier alpha value is -2.13. The molecule has 100 valence electrons. The maximum atomic E-state index is 5.95. The van der Waals surface area contributed by atoms with Crippen molar-refractivity contribution in [2.24, 2.45) is 0 Å². The second kappa shape index (κ2) is 5.47. The molecule has 2 aromatic carbocycles. The van der Waals surface area contributed by atoms with Crippen molar-refractivity contribution < 1.29 is 0 Å². The highest BCUT2D eigenvalue weighted by molar-refractivity contribution is 7.81. The van der Waals surface area contributed by atoms with Gasteiger partial charge in [-0.2, -0.15) is 0 Å². The van der Waals surface area contributed by atoms with E-state index in [4.69, 9.17) is 18.0 Å². The maximum absolute atomic E-state index is 5.95. The van der Waals surface area contributed by atoms with E-state index in [1.807, 2.05) is 24.3 Å². The van der Waals surface area contributed by atoms with Gasteiger partial charge in [-0.25, -0.2) is 0 Å². The molecule has 0 radical (unpaired) electrons. The van der Waals surface area contributed by atoms with Gasteiger partial charge in [-0.05, 0) is 48.2 Å². The fourth-order valence-corrected chi connectivity index (χ4v) is 2.71. The summed E-state index contributed by atoms with van der Waals surface area (Å²) >= 11 is 5.44. The quantitative estimate of drug-likeness (QED) is 0.644. The number of nitrogen functional groups attached to an aromatic ring is 1. The Kier molecular flexibility index (Phi) is 3.52. The minimum atomic E-state index is 0.655. The molecule has 0 amide bonds. The first kappa shape index (κ1) is 12.9. The summed E-state index contributed by atoms with van der Waals surface area (Å²) in [5.74, 6) is 0.